The fourth-order valence-electron chi connectivity index (χ4n) is 3.04. The Hall–Kier alpha value is -1.51. The molecule has 1 unspecified atom stereocenters. The summed E-state index contributed by atoms with van der Waals surface area (Å²) >= 11 is 0. The summed E-state index contributed by atoms with van der Waals surface area (Å²) < 4.78 is 1.82. The monoisotopic (exact) mass is 260 g/mol. The van der Waals surface area contributed by atoms with Gasteiger partial charge in [0.1, 0.15) is 5.69 Å². The van der Waals surface area contributed by atoms with Crippen molar-refractivity contribution in [2.45, 2.75) is 52.0 Å². The van der Waals surface area contributed by atoms with Gasteiger partial charge in [0.05, 0.1) is 6.04 Å². The standard InChI is InChI=1S/C16H24N2O/c1-3-7-14(13-8-5-4-6-9-13)18-11-10-12(2)15(17)16(18)19/h3,7,10-11,13-14H,4-6,8-9,17H2,1-2H3/b7-3+. The number of allylic oxidation sites excluding steroid dienone is 2. The largest absolute Gasteiger partial charge is 0.394 e. The Labute approximate surface area is 115 Å². The number of nitrogens with zero attached hydrogens (tertiary/aromatic N) is 1. The molecule has 1 fully saturated rings. The van der Waals surface area contributed by atoms with E-state index in [0.717, 1.165) is 5.56 Å². The Morgan fingerprint density at radius 3 is 2.68 bits per heavy atom. The summed E-state index contributed by atoms with van der Waals surface area (Å²) in [5, 5.41) is 0. The van der Waals surface area contributed by atoms with Crippen LogP contribution in [0.4, 0.5) is 5.69 Å². The average molecular weight is 260 g/mol. The number of rotatable bonds is 3. The van der Waals surface area contributed by atoms with Gasteiger partial charge in [-0.1, -0.05) is 31.4 Å². The molecule has 1 aliphatic carbocycles. The number of aromatic nitrogens is 1. The van der Waals surface area contributed by atoms with Crippen LogP contribution in [-0.4, -0.2) is 4.57 Å². The van der Waals surface area contributed by atoms with Crippen LogP contribution in [0, 0.1) is 12.8 Å². The second-order valence-electron chi connectivity index (χ2n) is 5.54. The number of nitrogen functional groups attached to an aromatic ring is 1. The van der Waals surface area contributed by atoms with Gasteiger partial charge in [-0.05, 0) is 44.2 Å². The fourth-order valence-corrected chi connectivity index (χ4v) is 3.04. The molecule has 1 aromatic heterocycles. The summed E-state index contributed by atoms with van der Waals surface area (Å²) in [6.07, 6.45) is 12.4. The zero-order valence-electron chi connectivity index (χ0n) is 11.9. The van der Waals surface area contributed by atoms with E-state index in [1.807, 2.05) is 36.8 Å². The predicted molar refractivity (Wildman–Crippen MR) is 80.3 cm³/mol. The van der Waals surface area contributed by atoms with Crippen LogP contribution >= 0.6 is 0 Å². The van der Waals surface area contributed by atoms with E-state index in [4.69, 9.17) is 5.73 Å². The van der Waals surface area contributed by atoms with Crippen molar-refractivity contribution in [2.24, 2.45) is 5.92 Å². The minimum Gasteiger partial charge on any atom is -0.394 e. The van der Waals surface area contributed by atoms with E-state index in [1.165, 1.54) is 32.1 Å². The van der Waals surface area contributed by atoms with E-state index in [2.05, 4.69) is 6.08 Å². The van der Waals surface area contributed by atoms with Crippen molar-refractivity contribution in [3.63, 3.8) is 0 Å². The molecule has 0 saturated heterocycles. The van der Waals surface area contributed by atoms with Gasteiger partial charge in [0.15, 0.2) is 0 Å². The minimum absolute atomic E-state index is 0.0475. The van der Waals surface area contributed by atoms with E-state index >= 15 is 0 Å². The van der Waals surface area contributed by atoms with Gasteiger partial charge in [-0.15, -0.1) is 0 Å². The molecule has 0 aromatic carbocycles. The first-order chi connectivity index (χ1) is 9.15. The number of anilines is 1. The van der Waals surface area contributed by atoms with E-state index in [9.17, 15) is 4.79 Å². The summed E-state index contributed by atoms with van der Waals surface area (Å²) in [6.45, 7) is 3.89. The van der Waals surface area contributed by atoms with Gasteiger partial charge < -0.3 is 10.3 Å². The number of hydrogen-bond donors (Lipinski definition) is 1. The topological polar surface area (TPSA) is 48.0 Å². The maximum Gasteiger partial charge on any atom is 0.274 e. The second-order valence-corrected chi connectivity index (χ2v) is 5.54. The third kappa shape index (κ3) is 2.91. The summed E-state index contributed by atoms with van der Waals surface area (Å²) in [5.74, 6) is 0.560. The van der Waals surface area contributed by atoms with Crippen molar-refractivity contribution in [3.8, 4) is 0 Å². The summed E-state index contributed by atoms with van der Waals surface area (Å²) in [6, 6.07) is 2.09. The Morgan fingerprint density at radius 2 is 2.05 bits per heavy atom. The molecule has 3 heteroatoms. The van der Waals surface area contributed by atoms with Crippen LogP contribution in [0.15, 0.2) is 29.2 Å². The molecule has 2 rings (SSSR count). The quantitative estimate of drug-likeness (QED) is 0.846. The smallest absolute Gasteiger partial charge is 0.274 e. The first kappa shape index (κ1) is 13.9. The van der Waals surface area contributed by atoms with E-state index in [1.54, 1.807) is 0 Å². The van der Waals surface area contributed by atoms with Crippen molar-refractivity contribution < 1.29 is 0 Å². The number of hydrogen-bond acceptors (Lipinski definition) is 2. The molecule has 0 amide bonds. The van der Waals surface area contributed by atoms with Gasteiger partial charge in [0.25, 0.3) is 5.56 Å². The summed E-state index contributed by atoms with van der Waals surface area (Å²) in [7, 11) is 0. The van der Waals surface area contributed by atoms with Crippen molar-refractivity contribution in [1.82, 2.24) is 4.57 Å². The zero-order valence-corrected chi connectivity index (χ0v) is 11.9. The predicted octanol–water partition coefficient (Wildman–Crippen LogP) is 3.44. The minimum atomic E-state index is -0.0475. The molecule has 0 aliphatic heterocycles. The molecule has 3 nitrogen and oxygen atoms in total. The highest BCUT2D eigenvalue weighted by atomic mass is 16.1. The van der Waals surface area contributed by atoms with Crippen LogP contribution < -0.4 is 11.3 Å². The first-order valence-corrected chi connectivity index (χ1v) is 7.25. The lowest BCUT2D eigenvalue weighted by Gasteiger charge is -2.30. The third-order valence-corrected chi connectivity index (χ3v) is 4.22. The normalized spacial score (nSPS) is 18.8. The van der Waals surface area contributed by atoms with Crippen LogP contribution in [0.3, 0.4) is 0 Å². The van der Waals surface area contributed by atoms with Crippen molar-refractivity contribution >= 4 is 5.69 Å². The lowest BCUT2D eigenvalue weighted by molar-refractivity contribution is 0.281. The Bertz CT molecular complexity index is 510. The molecule has 0 bridgehead atoms. The molecule has 19 heavy (non-hydrogen) atoms. The Morgan fingerprint density at radius 1 is 1.37 bits per heavy atom. The molecule has 1 atom stereocenters. The Balaban J connectivity index is 2.39. The van der Waals surface area contributed by atoms with Crippen LogP contribution in [0.5, 0.6) is 0 Å². The molecule has 1 aromatic rings. The number of aryl methyl sites for hydroxylation is 1. The van der Waals surface area contributed by atoms with E-state index < -0.39 is 0 Å². The van der Waals surface area contributed by atoms with Gasteiger partial charge in [-0.25, -0.2) is 0 Å². The lowest BCUT2D eigenvalue weighted by atomic mass is 9.83. The van der Waals surface area contributed by atoms with E-state index in [-0.39, 0.29) is 11.6 Å². The van der Waals surface area contributed by atoms with Crippen LogP contribution in [0.25, 0.3) is 0 Å². The van der Waals surface area contributed by atoms with Gasteiger partial charge in [0.2, 0.25) is 0 Å². The Kier molecular flexibility index (Phi) is 4.46. The van der Waals surface area contributed by atoms with Crippen molar-refractivity contribution in [1.29, 1.82) is 0 Å². The summed E-state index contributed by atoms with van der Waals surface area (Å²) in [5.41, 5.74) is 7.09. The molecular formula is C16H24N2O. The van der Waals surface area contributed by atoms with Crippen LogP contribution in [-0.2, 0) is 0 Å². The molecule has 104 valence electrons. The van der Waals surface area contributed by atoms with Crippen LogP contribution in [0.1, 0.15) is 50.6 Å². The summed E-state index contributed by atoms with van der Waals surface area (Å²) in [4.78, 5) is 12.4. The average Bonchev–Trinajstić information content (AvgIpc) is 2.44. The third-order valence-electron chi connectivity index (χ3n) is 4.22. The van der Waals surface area contributed by atoms with Crippen LogP contribution in [0.2, 0.25) is 0 Å². The molecule has 1 saturated carbocycles. The highest BCUT2D eigenvalue weighted by molar-refractivity contribution is 5.43. The first-order valence-electron chi connectivity index (χ1n) is 7.25. The van der Waals surface area contributed by atoms with Gasteiger partial charge in [0, 0.05) is 6.20 Å². The van der Waals surface area contributed by atoms with Gasteiger partial charge in [-0.2, -0.15) is 0 Å². The SMILES string of the molecule is C/C=C/C(C1CCCCC1)n1ccc(C)c(N)c1=O. The second kappa shape index (κ2) is 6.09. The van der Waals surface area contributed by atoms with E-state index in [0.29, 0.717) is 11.6 Å². The lowest BCUT2D eigenvalue weighted by Crippen LogP contribution is -2.31. The molecule has 2 N–H and O–H groups in total. The molecular weight excluding hydrogens is 236 g/mol. The van der Waals surface area contributed by atoms with Crippen molar-refractivity contribution in [2.75, 3.05) is 5.73 Å². The number of nitrogens with two attached hydrogens (primary N) is 1. The molecule has 1 aliphatic rings. The molecule has 1 heterocycles. The zero-order chi connectivity index (χ0) is 13.8. The maximum absolute atomic E-state index is 12.4. The van der Waals surface area contributed by atoms with Gasteiger partial charge in [-0.3, -0.25) is 4.79 Å². The van der Waals surface area contributed by atoms with Gasteiger partial charge >= 0.3 is 0 Å². The highest BCUT2D eigenvalue weighted by Gasteiger charge is 2.24. The fraction of sp³-hybridized carbons (Fsp3) is 0.562. The maximum atomic E-state index is 12.4. The molecule has 0 radical (unpaired) electrons. The molecule has 0 spiro atoms. The van der Waals surface area contributed by atoms with Crippen molar-refractivity contribution in [3.05, 3.63) is 40.3 Å². The highest BCUT2D eigenvalue weighted by Crippen LogP contribution is 2.33. The number of pyridine rings is 1.